The number of sulfone groups is 1. The number of ketones is 1. The van der Waals surface area contributed by atoms with Gasteiger partial charge in [-0.05, 0) is 44.5 Å². The molecule has 1 aliphatic rings. The van der Waals surface area contributed by atoms with Gasteiger partial charge in [-0.15, -0.1) is 0 Å². The van der Waals surface area contributed by atoms with Crippen molar-refractivity contribution in [1.29, 1.82) is 0 Å². The number of halogens is 2. The zero-order valence-electron chi connectivity index (χ0n) is 14.5. The van der Waals surface area contributed by atoms with Gasteiger partial charge < -0.3 is 9.30 Å². The minimum absolute atomic E-state index is 0.108. The normalized spacial score (nSPS) is 18.8. The van der Waals surface area contributed by atoms with Gasteiger partial charge in [0.1, 0.15) is 5.75 Å². The first-order chi connectivity index (χ1) is 12.2. The van der Waals surface area contributed by atoms with Crippen LogP contribution in [0.1, 0.15) is 34.2 Å². The predicted octanol–water partition coefficient (Wildman–Crippen LogP) is 4.14. The molecule has 0 amide bonds. The van der Waals surface area contributed by atoms with Crippen LogP contribution in [0.3, 0.4) is 0 Å². The van der Waals surface area contributed by atoms with Crippen LogP contribution >= 0.6 is 27.5 Å². The van der Waals surface area contributed by atoms with E-state index in [-0.39, 0.29) is 29.9 Å². The zero-order valence-corrected chi connectivity index (χ0v) is 17.6. The van der Waals surface area contributed by atoms with E-state index >= 15 is 0 Å². The first kappa shape index (κ1) is 19.5. The fraction of sp³-hybridized carbons (Fsp3) is 0.389. The summed E-state index contributed by atoms with van der Waals surface area (Å²) in [5, 5.41) is 0.425. The predicted molar refractivity (Wildman–Crippen MR) is 105 cm³/mol. The molecule has 3 rings (SSSR count). The molecule has 0 radical (unpaired) electrons. The Balaban J connectivity index is 1.77. The average Bonchev–Trinajstić information content (AvgIpc) is 3.05. The van der Waals surface area contributed by atoms with Crippen LogP contribution in [0.4, 0.5) is 0 Å². The molecule has 5 nitrogen and oxygen atoms in total. The first-order valence-electron chi connectivity index (χ1n) is 8.18. The molecular weight excluding hydrogens is 442 g/mol. The van der Waals surface area contributed by atoms with Gasteiger partial charge in [-0.25, -0.2) is 8.42 Å². The lowest BCUT2D eigenvalue weighted by molar-refractivity contribution is 0.0921. The van der Waals surface area contributed by atoms with E-state index < -0.39 is 9.84 Å². The highest BCUT2D eigenvalue weighted by atomic mass is 79.9. The van der Waals surface area contributed by atoms with Crippen LogP contribution in [0.2, 0.25) is 5.02 Å². The number of ether oxygens (including phenoxy) is 1. The summed E-state index contributed by atoms with van der Waals surface area (Å²) in [6, 6.07) is 6.89. The van der Waals surface area contributed by atoms with Crippen molar-refractivity contribution in [1.82, 2.24) is 4.57 Å². The summed E-state index contributed by atoms with van der Waals surface area (Å²) in [4.78, 5) is 12.6. The van der Waals surface area contributed by atoms with Crippen molar-refractivity contribution in [2.24, 2.45) is 0 Å². The highest BCUT2D eigenvalue weighted by Crippen LogP contribution is 2.30. The molecule has 1 aromatic carbocycles. The molecule has 1 aliphatic heterocycles. The van der Waals surface area contributed by atoms with Gasteiger partial charge in [0.25, 0.3) is 0 Å². The second-order valence-corrected chi connectivity index (χ2v) is 10.0. The molecular formula is C18H19BrClNO4S. The number of carbonyl (C=O) groups is 1. The van der Waals surface area contributed by atoms with E-state index in [4.69, 9.17) is 16.3 Å². The van der Waals surface area contributed by atoms with Crippen LogP contribution in [0.15, 0.2) is 28.7 Å². The Morgan fingerprint density at radius 1 is 1.35 bits per heavy atom. The number of Topliss-reactive ketones (excluding diaryl/α,β-unsaturated/α-hetero) is 1. The van der Waals surface area contributed by atoms with Gasteiger partial charge in [0.15, 0.2) is 16.4 Å². The first-order valence-corrected chi connectivity index (χ1v) is 11.2. The molecule has 2 heterocycles. The standard InChI is InChI=1S/C18H19BrClNO4S/c1-11-7-15(12(2)21(11)14-5-6-26(23,24)10-14)17(22)9-25-18-4-3-13(19)8-16(18)20/h3-4,7-8,14H,5-6,9-10H2,1-2H3/t14-/m1/s1. The molecule has 0 bridgehead atoms. The number of nitrogens with zero attached hydrogens (tertiary/aromatic N) is 1. The van der Waals surface area contributed by atoms with E-state index in [1.807, 2.05) is 18.4 Å². The molecule has 1 atom stereocenters. The second kappa shape index (κ2) is 7.37. The van der Waals surface area contributed by atoms with Crippen molar-refractivity contribution in [3.63, 3.8) is 0 Å². The number of hydrogen-bond donors (Lipinski definition) is 0. The maximum Gasteiger partial charge on any atom is 0.202 e. The van der Waals surface area contributed by atoms with Crippen LogP contribution in [-0.2, 0) is 9.84 Å². The van der Waals surface area contributed by atoms with Crippen molar-refractivity contribution < 1.29 is 17.9 Å². The fourth-order valence-electron chi connectivity index (χ4n) is 3.41. The molecule has 0 aliphatic carbocycles. The number of rotatable bonds is 5. The number of hydrogen-bond acceptors (Lipinski definition) is 4. The lowest BCUT2D eigenvalue weighted by atomic mass is 10.1. The molecule has 26 heavy (non-hydrogen) atoms. The molecule has 2 aromatic rings. The Labute approximate surface area is 166 Å². The SMILES string of the molecule is Cc1cc(C(=O)COc2ccc(Br)cc2Cl)c(C)n1[C@@H]1CCS(=O)(=O)C1. The lowest BCUT2D eigenvalue weighted by Gasteiger charge is -2.16. The molecule has 0 saturated carbocycles. The van der Waals surface area contributed by atoms with Gasteiger partial charge in [0.05, 0.1) is 16.5 Å². The van der Waals surface area contributed by atoms with Crippen LogP contribution in [0.25, 0.3) is 0 Å². The molecule has 1 aromatic heterocycles. The number of benzene rings is 1. The van der Waals surface area contributed by atoms with Gasteiger partial charge in [0, 0.05) is 27.5 Å². The van der Waals surface area contributed by atoms with Gasteiger partial charge in [-0.2, -0.15) is 0 Å². The van der Waals surface area contributed by atoms with Crippen molar-refractivity contribution in [3.05, 3.63) is 50.7 Å². The van der Waals surface area contributed by atoms with Crippen LogP contribution < -0.4 is 4.74 Å². The third kappa shape index (κ3) is 4.00. The summed E-state index contributed by atoms with van der Waals surface area (Å²) in [5.74, 6) is 0.605. The Bertz CT molecular complexity index is 968. The van der Waals surface area contributed by atoms with Gasteiger partial charge in [-0.3, -0.25) is 4.79 Å². The van der Waals surface area contributed by atoms with Crippen molar-refractivity contribution in [3.8, 4) is 5.75 Å². The third-order valence-corrected chi connectivity index (χ3v) is 7.15. The Morgan fingerprint density at radius 2 is 2.08 bits per heavy atom. The lowest BCUT2D eigenvalue weighted by Crippen LogP contribution is -2.16. The second-order valence-electron chi connectivity index (χ2n) is 6.50. The maximum absolute atomic E-state index is 12.6. The van der Waals surface area contributed by atoms with E-state index in [1.165, 1.54) is 0 Å². The summed E-state index contributed by atoms with van der Waals surface area (Å²) in [5.41, 5.74) is 2.22. The van der Waals surface area contributed by atoms with Crippen LogP contribution in [0, 0.1) is 13.8 Å². The summed E-state index contributed by atoms with van der Waals surface area (Å²) >= 11 is 9.43. The maximum atomic E-state index is 12.6. The highest BCUT2D eigenvalue weighted by molar-refractivity contribution is 9.10. The van der Waals surface area contributed by atoms with E-state index in [9.17, 15) is 13.2 Å². The molecule has 140 valence electrons. The quantitative estimate of drug-likeness (QED) is 0.629. The molecule has 0 spiro atoms. The molecule has 0 N–H and O–H groups in total. The Morgan fingerprint density at radius 3 is 2.69 bits per heavy atom. The van der Waals surface area contributed by atoms with E-state index in [2.05, 4.69) is 15.9 Å². The summed E-state index contributed by atoms with van der Waals surface area (Å²) in [6.07, 6.45) is 0.581. The smallest absolute Gasteiger partial charge is 0.202 e. The van der Waals surface area contributed by atoms with E-state index in [1.54, 1.807) is 24.3 Å². The zero-order chi connectivity index (χ0) is 19.1. The average molecular weight is 461 g/mol. The van der Waals surface area contributed by atoms with Crippen LogP contribution in [-0.4, -0.2) is 36.9 Å². The Kier molecular flexibility index (Phi) is 5.51. The molecule has 1 fully saturated rings. The summed E-state index contributed by atoms with van der Waals surface area (Å²) in [7, 11) is -2.99. The summed E-state index contributed by atoms with van der Waals surface area (Å²) in [6.45, 7) is 3.60. The van der Waals surface area contributed by atoms with E-state index in [0.717, 1.165) is 15.9 Å². The van der Waals surface area contributed by atoms with Gasteiger partial charge in [0.2, 0.25) is 5.78 Å². The highest BCUT2D eigenvalue weighted by Gasteiger charge is 2.31. The molecule has 1 saturated heterocycles. The van der Waals surface area contributed by atoms with Crippen LogP contribution in [0.5, 0.6) is 5.75 Å². The number of aromatic nitrogens is 1. The Hall–Kier alpha value is -1.31. The minimum atomic E-state index is -2.99. The number of carbonyl (C=O) groups excluding carboxylic acids is 1. The molecule has 0 unspecified atom stereocenters. The van der Waals surface area contributed by atoms with Crippen molar-refractivity contribution in [2.75, 3.05) is 18.1 Å². The topological polar surface area (TPSA) is 65.4 Å². The van der Waals surface area contributed by atoms with Crippen molar-refractivity contribution >= 4 is 43.2 Å². The largest absolute Gasteiger partial charge is 0.484 e. The monoisotopic (exact) mass is 459 g/mol. The van der Waals surface area contributed by atoms with Crippen molar-refractivity contribution in [2.45, 2.75) is 26.3 Å². The van der Waals surface area contributed by atoms with Gasteiger partial charge >= 0.3 is 0 Å². The van der Waals surface area contributed by atoms with E-state index in [0.29, 0.717) is 22.8 Å². The van der Waals surface area contributed by atoms with Gasteiger partial charge in [-0.1, -0.05) is 27.5 Å². The minimum Gasteiger partial charge on any atom is -0.484 e. The summed E-state index contributed by atoms with van der Waals surface area (Å²) < 4.78 is 31.9. The third-order valence-electron chi connectivity index (χ3n) is 4.61. The number of aryl methyl sites for hydroxylation is 1. The molecule has 8 heteroatoms. The fourth-order valence-corrected chi connectivity index (χ4v) is 5.84.